The molecular weight excluding hydrogens is 277 g/mol. The molecule has 1 nitrogen and oxygen atoms in total. The van der Waals surface area contributed by atoms with Crippen molar-refractivity contribution in [1.82, 2.24) is 0 Å². The van der Waals surface area contributed by atoms with E-state index >= 15 is 0 Å². The minimum Gasteiger partial charge on any atom is -0.320 e. The fourth-order valence-corrected chi connectivity index (χ4v) is 1.90. The van der Waals surface area contributed by atoms with Gasteiger partial charge in [0.25, 0.3) is 0 Å². The number of aryl methyl sites for hydroxylation is 1. The number of rotatable bonds is 2. The van der Waals surface area contributed by atoms with Gasteiger partial charge in [0.15, 0.2) is 11.6 Å². The zero-order chi connectivity index (χ0) is 15.0. The summed E-state index contributed by atoms with van der Waals surface area (Å²) in [5, 5.41) is 0. The number of hydrogen-bond acceptors (Lipinski definition) is 1. The second-order valence-electron chi connectivity index (χ2n) is 4.36. The maximum Gasteiger partial charge on any atom is 0.161 e. The van der Waals surface area contributed by atoms with Gasteiger partial charge in [-0.3, -0.25) is 0 Å². The molecule has 0 fully saturated rings. The molecule has 2 aromatic carbocycles. The van der Waals surface area contributed by atoms with Crippen molar-refractivity contribution in [1.29, 1.82) is 0 Å². The van der Waals surface area contributed by atoms with Crippen molar-refractivity contribution in [3.63, 3.8) is 0 Å². The van der Waals surface area contributed by atoms with E-state index < -0.39 is 46.3 Å². The minimum absolute atomic E-state index is 0.111. The van der Waals surface area contributed by atoms with Gasteiger partial charge in [-0.2, -0.15) is 0 Å². The van der Waals surface area contributed by atoms with E-state index in [9.17, 15) is 22.0 Å². The average molecular weight is 287 g/mol. The number of halogens is 5. The Morgan fingerprint density at radius 1 is 0.850 bits per heavy atom. The lowest BCUT2D eigenvalue weighted by molar-refractivity contribution is 0.483. The van der Waals surface area contributed by atoms with Crippen molar-refractivity contribution in [3.05, 3.63) is 70.0 Å². The fraction of sp³-hybridized carbons (Fsp3) is 0.143. The van der Waals surface area contributed by atoms with E-state index in [2.05, 4.69) is 0 Å². The van der Waals surface area contributed by atoms with Crippen LogP contribution in [0.3, 0.4) is 0 Å². The molecule has 0 bridgehead atoms. The highest BCUT2D eigenvalue weighted by Gasteiger charge is 2.24. The fourth-order valence-electron chi connectivity index (χ4n) is 1.90. The summed E-state index contributed by atoms with van der Waals surface area (Å²) in [5.74, 6) is -5.84. The first-order chi connectivity index (χ1) is 9.32. The second kappa shape index (κ2) is 5.20. The van der Waals surface area contributed by atoms with Gasteiger partial charge in [-0.1, -0.05) is 6.07 Å². The monoisotopic (exact) mass is 287 g/mol. The SMILES string of the molecule is Cc1ccc(F)c(C(N)c2cc(F)c(F)cc2F)c1F. The van der Waals surface area contributed by atoms with Crippen LogP contribution in [-0.4, -0.2) is 0 Å². The molecular formula is C14H10F5N. The van der Waals surface area contributed by atoms with E-state index in [4.69, 9.17) is 5.73 Å². The third-order valence-corrected chi connectivity index (χ3v) is 3.01. The number of nitrogens with two attached hydrogens (primary N) is 1. The van der Waals surface area contributed by atoms with Crippen LogP contribution in [0.4, 0.5) is 22.0 Å². The summed E-state index contributed by atoms with van der Waals surface area (Å²) in [6, 6.07) is 1.38. The Balaban J connectivity index is 2.60. The average Bonchev–Trinajstić information content (AvgIpc) is 2.38. The molecule has 0 spiro atoms. The maximum atomic E-state index is 13.9. The summed E-state index contributed by atoms with van der Waals surface area (Å²) >= 11 is 0. The Labute approximate surface area is 111 Å². The van der Waals surface area contributed by atoms with Crippen molar-refractivity contribution in [2.75, 3.05) is 0 Å². The van der Waals surface area contributed by atoms with Gasteiger partial charge in [0, 0.05) is 17.2 Å². The standard InChI is InChI=1S/C14H10F5N/c1-6-2-3-8(15)12(13(6)19)14(20)7-4-10(17)11(18)5-9(7)16/h2-5,14H,20H2,1H3. The highest BCUT2D eigenvalue weighted by molar-refractivity contribution is 5.37. The molecule has 6 heteroatoms. The molecule has 106 valence electrons. The molecule has 1 unspecified atom stereocenters. The Bertz CT molecular complexity index is 669. The van der Waals surface area contributed by atoms with Crippen LogP contribution < -0.4 is 5.73 Å². The molecule has 1 atom stereocenters. The zero-order valence-corrected chi connectivity index (χ0v) is 10.4. The molecule has 0 aromatic heterocycles. The van der Waals surface area contributed by atoms with Gasteiger partial charge >= 0.3 is 0 Å². The predicted molar refractivity (Wildman–Crippen MR) is 63.4 cm³/mol. The van der Waals surface area contributed by atoms with Crippen molar-refractivity contribution in [2.45, 2.75) is 13.0 Å². The Hall–Kier alpha value is -1.95. The van der Waals surface area contributed by atoms with Crippen molar-refractivity contribution >= 4 is 0 Å². The Morgan fingerprint density at radius 3 is 2.10 bits per heavy atom. The lowest BCUT2D eigenvalue weighted by atomic mass is 9.96. The van der Waals surface area contributed by atoms with Crippen LogP contribution in [0, 0.1) is 36.0 Å². The van der Waals surface area contributed by atoms with Crippen LogP contribution in [-0.2, 0) is 0 Å². The molecule has 2 rings (SSSR count). The van der Waals surface area contributed by atoms with Gasteiger partial charge in [-0.25, -0.2) is 22.0 Å². The topological polar surface area (TPSA) is 26.0 Å². The van der Waals surface area contributed by atoms with Crippen molar-refractivity contribution in [3.8, 4) is 0 Å². The van der Waals surface area contributed by atoms with E-state index in [0.717, 1.165) is 6.07 Å². The highest BCUT2D eigenvalue weighted by Crippen LogP contribution is 2.29. The summed E-state index contributed by atoms with van der Waals surface area (Å²) in [6.07, 6.45) is 0. The first-order valence-electron chi connectivity index (χ1n) is 5.67. The summed E-state index contributed by atoms with van der Waals surface area (Å²) < 4.78 is 67.1. The summed E-state index contributed by atoms with van der Waals surface area (Å²) in [6.45, 7) is 1.38. The van der Waals surface area contributed by atoms with Crippen LogP contribution >= 0.6 is 0 Å². The number of hydrogen-bond donors (Lipinski definition) is 1. The van der Waals surface area contributed by atoms with Gasteiger partial charge < -0.3 is 5.73 Å². The molecule has 2 aromatic rings. The first kappa shape index (κ1) is 14.5. The van der Waals surface area contributed by atoms with E-state index in [0.29, 0.717) is 6.07 Å². The molecule has 0 heterocycles. The van der Waals surface area contributed by atoms with Crippen LogP contribution in [0.25, 0.3) is 0 Å². The number of benzene rings is 2. The van der Waals surface area contributed by atoms with Crippen molar-refractivity contribution in [2.24, 2.45) is 5.73 Å². The molecule has 0 aliphatic carbocycles. The third kappa shape index (κ3) is 2.38. The molecule has 20 heavy (non-hydrogen) atoms. The highest BCUT2D eigenvalue weighted by atomic mass is 19.2. The van der Waals surface area contributed by atoms with Gasteiger partial charge in [-0.05, 0) is 24.6 Å². The molecule has 0 saturated heterocycles. The van der Waals surface area contributed by atoms with E-state index in [1.807, 2.05) is 0 Å². The van der Waals surface area contributed by atoms with E-state index in [1.54, 1.807) is 0 Å². The van der Waals surface area contributed by atoms with Crippen LogP contribution in [0.2, 0.25) is 0 Å². The van der Waals surface area contributed by atoms with Crippen LogP contribution in [0.15, 0.2) is 24.3 Å². The summed E-state index contributed by atoms with van der Waals surface area (Å²) in [7, 11) is 0. The smallest absolute Gasteiger partial charge is 0.161 e. The van der Waals surface area contributed by atoms with Crippen LogP contribution in [0.1, 0.15) is 22.7 Å². The minimum atomic E-state index is -1.58. The molecule has 0 saturated carbocycles. The molecule has 0 amide bonds. The van der Waals surface area contributed by atoms with Crippen LogP contribution in [0.5, 0.6) is 0 Å². The molecule has 0 aliphatic rings. The second-order valence-corrected chi connectivity index (χ2v) is 4.36. The van der Waals surface area contributed by atoms with E-state index in [-0.39, 0.29) is 11.6 Å². The lowest BCUT2D eigenvalue weighted by Gasteiger charge is -2.16. The molecule has 0 radical (unpaired) electrons. The van der Waals surface area contributed by atoms with E-state index in [1.165, 1.54) is 13.0 Å². The predicted octanol–water partition coefficient (Wildman–Crippen LogP) is 3.74. The molecule has 2 N–H and O–H groups in total. The van der Waals surface area contributed by atoms with Gasteiger partial charge in [0.05, 0.1) is 6.04 Å². The largest absolute Gasteiger partial charge is 0.320 e. The third-order valence-electron chi connectivity index (χ3n) is 3.01. The summed E-state index contributed by atoms with van der Waals surface area (Å²) in [5.41, 5.74) is 4.60. The first-order valence-corrected chi connectivity index (χ1v) is 5.67. The Kier molecular flexibility index (Phi) is 3.76. The zero-order valence-electron chi connectivity index (χ0n) is 10.4. The maximum absolute atomic E-state index is 13.9. The van der Waals surface area contributed by atoms with Gasteiger partial charge in [0.2, 0.25) is 0 Å². The van der Waals surface area contributed by atoms with Gasteiger partial charge in [0.1, 0.15) is 17.5 Å². The summed E-state index contributed by atoms with van der Waals surface area (Å²) in [4.78, 5) is 0. The lowest BCUT2D eigenvalue weighted by Crippen LogP contribution is -2.18. The van der Waals surface area contributed by atoms with Gasteiger partial charge in [-0.15, -0.1) is 0 Å². The Morgan fingerprint density at radius 2 is 1.45 bits per heavy atom. The molecule has 0 aliphatic heterocycles. The quantitative estimate of drug-likeness (QED) is 0.661. The normalized spacial score (nSPS) is 12.6. The van der Waals surface area contributed by atoms with Crippen molar-refractivity contribution < 1.29 is 22.0 Å².